The molecule has 1 fully saturated rings. The quantitative estimate of drug-likeness (QED) is 0.708. The van der Waals surface area contributed by atoms with Gasteiger partial charge in [0, 0.05) is 35.9 Å². The first-order chi connectivity index (χ1) is 11.7. The first kappa shape index (κ1) is 15.0. The van der Waals surface area contributed by atoms with Gasteiger partial charge < -0.3 is 14.2 Å². The number of nitrogens with zero attached hydrogens (tertiary/aromatic N) is 2. The summed E-state index contributed by atoms with van der Waals surface area (Å²) >= 11 is 0. The molecule has 0 aliphatic carbocycles. The molecule has 0 radical (unpaired) electrons. The first-order valence-electron chi connectivity index (χ1n) is 8.09. The fourth-order valence-corrected chi connectivity index (χ4v) is 3.15. The van der Waals surface area contributed by atoms with E-state index in [1.54, 1.807) is 12.1 Å². The highest BCUT2D eigenvalue weighted by atomic mass is 19.1. The topological polar surface area (TPSA) is 17.4 Å². The molecule has 0 bridgehead atoms. The fourth-order valence-electron chi connectivity index (χ4n) is 3.15. The molecule has 1 aliphatic heterocycles. The molecule has 4 rings (SSSR count). The Balaban J connectivity index is 1.62. The number of rotatable bonds is 3. The summed E-state index contributed by atoms with van der Waals surface area (Å²) in [7, 11) is 0. The van der Waals surface area contributed by atoms with Crippen molar-refractivity contribution in [3.05, 3.63) is 83.9 Å². The summed E-state index contributed by atoms with van der Waals surface area (Å²) in [6, 6.07) is 17.0. The summed E-state index contributed by atoms with van der Waals surface area (Å²) in [5.74, 6) is -0.221. The molecule has 1 saturated heterocycles. The highest BCUT2D eigenvalue weighted by Gasteiger charge is 2.27. The van der Waals surface area contributed by atoms with Crippen LogP contribution in [0.3, 0.4) is 0 Å². The predicted octanol–water partition coefficient (Wildman–Crippen LogP) is 4.46. The van der Waals surface area contributed by atoms with Crippen LogP contribution in [0.1, 0.15) is 17.4 Å². The van der Waals surface area contributed by atoms with Gasteiger partial charge in [0.05, 0.1) is 6.61 Å². The number of anilines is 1. The summed E-state index contributed by atoms with van der Waals surface area (Å²) in [4.78, 5) is 2.16. The van der Waals surface area contributed by atoms with Crippen LogP contribution in [0.15, 0.2) is 67.0 Å². The average molecular weight is 322 g/mol. The summed E-state index contributed by atoms with van der Waals surface area (Å²) in [6.07, 6.45) is 4.01. The molecule has 0 spiro atoms. The van der Waals surface area contributed by atoms with Gasteiger partial charge in [-0.25, -0.2) is 4.39 Å². The summed E-state index contributed by atoms with van der Waals surface area (Å²) in [5.41, 5.74) is 4.43. The van der Waals surface area contributed by atoms with Crippen molar-refractivity contribution in [1.82, 2.24) is 4.57 Å². The molecule has 3 aromatic rings. The van der Waals surface area contributed by atoms with E-state index < -0.39 is 0 Å². The van der Waals surface area contributed by atoms with E-state index in [9.17, 15) is 4.39 Å². The van der Waals surface area contributed by atoms with Crippen LogP contribution in [0.5, 0.6) is 0 Å². The van der Waals surface area contributed by atoms with Gasteiger partial charge >= 0.3 is 0 Å². The van der Waals surface area contributed by atoms with Gasteiger partial charge in [0.15, 0.2) is 6.23 Å². The van der Waals surface area contributed by atoms with Crippen molar-refractivity contribution >= 4 is 5.69 Å². The molecule has 4 heteroatoms. The lowest BCUT2D eigenvalue weighted by molar-refractivity contribution is 0.114. The second kappa shape index (κ2) is 6.13. The lowest BCUT2D eigenvalue weighted by atomic mass is 10.2. The van der Waals surface area contributed by atoms with Crippen LogP contribution in [0.4, 0.5) is 10.1 Å². The Bertz CT molecular complexity index is 841. The maximum absolute atomic E-state index is 13.2. The minimum Gasteiger partial charge on any atom is -0.352 e. The van der Waals surface area contributed by atoms with Crippen LogP contribution >= 0.6 is 0 Å². The molecule has 0 unspecified atom stereocenters. The van der Waals surface area contributed by atoms with Crippen LogP contribution in [0, 0.1) is 12.7 Å². The van der Waals surface area contributed by atoms with Gasteiger partial charge in [0.1, 0.15) is 5.82 Å². The third-order valence-corrected chi connectivity index (χ3v) is 4.35. The number of benzene rings is 2. The molecule has 0 amide bonds. The van der Waals surface area contributed by atoms with E-state index in [2.05, 4.69) is 59.1 Å². The molecule has 3 nitrogen and oxygen atoms in total. The molecule has 2 heterocycles. The van der Waals surface area contributed by atoms with Crippen molar-refractivity contribution in [2.24, 2.45) is 0 Å². The molecular formula is C20H19FN2O. The van der Waals surface area contributed by atoms with E-state index in [1.165, 1.54) is 17.7 Å². The first-order valence-corrected chi connectivity index (χ1v) is 8.09. The normalized spacial score (nSPS) is 17.4. The highest BCUT2D eigenvalue weighted by molar-refractivity contribution is 5.49. The van der Waals surface area contributed by atoms with Gasteiger partial charge in [0.2, 0.25) is 0 Å². The average Bonchev–Trinajstić information content (AvgIpc) is 3.24. The minimum atomic E-state index is -0.221. The second-order valence-corrected chi connectivity index (χ2v) is 6.08. The van der Waals surface area contributed by atoms with Crippen molar-refractivity contribution in [1.29, 1.82) is 0 Å². The molecule has 2 aromatic carbocycles. The van der Waals surface area contributed by atoms with Crippen LogP contribution in [0.25, 0.3) is 5.69 Å². The second-order valence-electron chi connectivity index (χ2n) is 6.08. The van der Waals surface area contributed by atoms with Crippen molar-refractivity contribution in [3.63, 3.8) is 0 Å². The van der Waals surface area contributed by atoms with Crippen molar-refractivity contribution < 1.29 is 9.13 Å². The van der Waals surface area contributed by atoms with Crippen molar-refractivity contribution in [2.45, 2.75) is 13.2 Å². The van der Waals surface area contributed by atoms with Crippen LogP contribution in [0.2, 0.25) is 0 Å². The lowest BCUT2D eigenvalue weighted by Gasteiger charge is -2.24. The lowest BCUT2D eigenvalue weighted by Crippen LogP contribution is -2.22. The molecular weight excluding hydrogens is 303 g/mol. The van der Waals surface area contributed by atoms with Gasteiger partial charge in [-0.1, -0.05) is 12.1 Å². The monoisotopic (exact) mass is 322 g/mol. The number of hydrogen-bond donors (Lipinski definition) is 0. The van der Waals surface area contributed by atoms with Gasteiger partial charge in [-0.05, 0) is 55.0 Å². The zero-order valence-corrected chi connectivity index (χ0v) is 13.5. The Morgan fingerprint density at radius 2 is 1.88 bits per heavy atom. The summed E-state index contributed by atoms with van der Waals surface area (Å²) < 4.78 is 21.2. The standard InChI is InChI=1S/C20H19FN2O/c1-15-3-2-4-19(13-15)22-10-9-16(14-22)20-23(11-12-24-20)18-7-5-17(21)6-8-18/h2-10,13-14,20H,11-12H2,1H3/t20-/m1/s1. The number of ether oxygens (including phenoxy) is 1. The van der Waals surface area contributed by atoms with E-state index in [4.69, 9.17) is 4.74 Å². The molecule has 122 valence electrons. The Morgan fingerprint density at radius 3 is 2.67 bits per heavy atom. The van der Waals surface area contributed by atoms with Crippen molar-refractivity contribution in [3.8, 4) is 5.69 Å². The largest absolute Gasteiger partial charge is 0.352 e. The zero-order chi connectivity index (χ0) is 16.5. The van der Waals surface area contributed by atoms with Crippen LogP contribution in [-0.2, 0) is 4.74 Å². The van der Waals surface area contributed by atoms with E-state index in [-0.39, 0.29) is 12.0 Å². The number of aromatic nitrogens is 1. The van der Waals surface area contributed by atoms with Crippen LogP contribution < -0.4 is 4.90 Å². The Hall–Kier alpha value is -2.59. The van der Waals surface area contributed by atoms with Gasteiger partial charge in [-0.3, -0.25) is 0 Å². The zero-order valence-electron chi connectivity index (χ0n) is 13.5. The Kier molecular flexibility index (Phi) is 3.82. The third-order valence-electron chi connectivity index (χ3n) is 4.35. The Labute approximate surface area is 140 Å². The molecule has 0 saturated carbocycles. The number of aryl methyl sites for hydroxylation is 1. The summed E-state index contributed by atoms with van der Waals surface area (Å²) in [6.45, 7) is 3.55. The predicted molar refractivity (Wildman–Crippen MR) is 92.9 cm³/mol. The molecule has 1 aromatic heterocycles. The molecule has 1 aliphatic rings. The maximum atomic E-state index is 13.2. The SMILES string of the molecule is Cc1cccc(-n2ccc([C@H]3OCCN3c3ccc(F)cc3)c2)c1. The number of hydrogen-bond acceptors (Lipinski definition) is 2. The maximum Gasteiger partial charge on any atom is 0.158 e. The van der Waals surface area contributed by atoms with Crippen LogP contribution in [-0.4, -0.2) is 17.7 Å². The van der Waals surface area contributed by atoms with E-state index in [0.29, 0.717) is 6.61 Å². The van der Waals surface area contributed by atoms with E-state index >= 15 is 0 Å². The fraction of sp³-hybridized carbons (Fsp3) is 0.200. The van der Waals surface area contributed by atoms with Gasteiger partial charge in [-0.15, -0.1) is 0 Å². The minimum absolute atomic E-state index is 0.137. The summed E-state index contributed by atoms with van der Waals surface area (Å²) in [5, 5.41) is 0. The molecule has 1 atom stereocenters. The smallest absolute Gasteiger partial charge is 0.158 e. The third kappa shape index (κ3) is 2.81. The van der Waals surface area contributed by atoms with E-state index in [1.807, 2.05) is 0 Å². The van der Waals surface area contributed by atoms with E-state index in [0.717, 1.165) is 23.5 Å². The number of halogens is 1. The van der Waals surface area contributed by atoms with Crippen molar-refractivity contribution in [2.75, 3.05) is 18.1 Å². The van der Waals surface area contributed by atoms with Gasteiger partial charge in [-0.2, -0.15) is 0 Å². The van der Waals surface area contributed by atoms with Gasteiger partial charge in [0.25, 0.3) is 0 Å². The Morgan fingerprint density at radius 1 is 1.04 bits per heavy atom. The molecule has 24 heavy (non-hydrogen) atoms. The molecule has 0 N–H and O–H groups in total. The highest BCUT2D eigenvalue weighted by Crippen LogP contribution is 2.32.